The molecule has 0 bridgehead atoms. The second-order valence-electron chi connectivity index (χ2n) is 8.56. The number of carbonyl (C=O) groups excluding carboxylic acids is 2. The SMILES string of the molecule is Cc1nc([C@H]2CCCCN2C(=O)CCc2c(C)n[nH]c2C)ncc1C(=O)Nc1ccccc1. The fourth-order valence-corrected chi connectivity index (χ4v) is 4.40. The number of benzene rings is 1. The van der Waals surface area contributed by atoms with Gasteiger partial charge in [0.15, 0.2) is 5.82 Å². The van der Waals surface area contributed by atoms with Crippen LogP contribution in [0.3, 0.4) is 0 Å². The van der Waals surface area contributed by atoms with Crippen molar-refractivity contribution >= 4 is 17.5 Å². The average molecular weight is 447 g/mol. The van der Waals surface area contributed by atoms with Crippen LogP contribution in [0.1, 0.15) is 70.6 Å². The first-order chi connectivity index (χ1) is 15.9. The van der Waals surface area contributed by atoms with E-state index in [9.17, 15) is 9.59 Å². The number of carbonyl (C=O) groups is 2. The van der Waals surface area contributed by atoms with E-state index in [-0.39, 0.29) is 17.9 Å². The number of amides is 2. The van der Waals surface area contributed by atoms with Gasteiger partial charge in [0.1, 0.15) is 0 Å². The molecule has 3 aromatic rings. The van der Waals surface area contributed by atoms with Gasteiger partial charge in [-0.2, -0.15) is 5.10 Å². The van der Waals surface area contributed by atoms with E-state index >= 15 is 0 Å². The molecular weight excluding hydrogens is 416 g/mol. The summed E-state index contributed by atoms with van der Waals surface area (Å²) in [5.74, 6) is 0.465. The molecule has 2 N–H and O–H groups in total. The molecule has 0 spiro atoms. The monoisotopic (exact) mass is 446 g/mol. The largest absolute Gasteiger partial charge is 0.332 e. The van der Waals surface area contributed by atoms with Gasteiger partial charge in [-0.1, -0.05) is 18.2 Å². The van der Waals surface area contributed by atoms with Gasteiger partial charge in [-0.15, -0.1) is 0 Å². The first-order valence-electron chi connectivity index (χ1n) is 11.4. The normalized spacial score (nSPS) is 16.0. The van der Waals surface area contributed by atoms with Crippen LogP contribution in [0, 0.1) is 20.8 Å². The molecule has 0 radical (unpaired) electrons. The summed E-state index contributed by atoms with van der Waals surface area (Å²) in [7, 11) is 0. The summed E-state index contributed by atoms with van der Waals surface area (Å²) in [6.45, 7) is 6.45. The number of hydrogen-bond acceptors (Lipinski definition) is 5. The summed E-state index contributed by atoms with van der Waals surface area (Å²) in [5.41, 5.74) is 4.83. The zero-order valence-electron chi connectivity index (χ0n) is 19.4. The number of piperidine rings is 1. The molecule has 0 unspecified atom stereocenters. The van der Waals surface area contributed by atoms with Crippen LogP contribution >= 0.6 is 0 Å². The summed E-state index contributed by atoms with van der Waals surface area (Å²) >= 11 is 0. The summed E-state index contributed by atoms with van der Waals surface area (Å²) in [4.78, 5) is 36.9. The maximum absolute atomic E-state index is 13.1. The minimum Gasteiger partial charge on any atom is -0.332 e. The highest BCUT2D eigenvalue weighted by atomic mass is 16.2. The van der Waals surface area contributed by atoms with E-state index in [4.69, 9.17) is 0 Å². The van der Waals surface area contributed by atoms with E-state index in [0.717, 1.165) is 41.9 Å². The Hall–Kier alpha value is -3.55. The Morgan fingerprint density at radius 2 is 1.91 bits per heavy atom. The lowest BCUT2D eigenvalue weighted by Gasteiger charge is -2.35. The second-order valence-corrected chi connectivity index (χ2v) is 8.56. The zero-order chi connectivity index (χ0) is 23.4. The third kappa shape index (κ3) is 5.10. The number of nitrogens with one attached hydrogen (secondary N) is 2. The number of nitrogens with zero attached hydrogens (tertiary/aromatic N) is 4. The molecule has 1 fully saturated rings. The van der Waals surface area contributed by atoms with Gasteiger partial charge in [0.05, 0.1) is 23.0 Å². The lowest BCUT2D eigenvalue weighted by molar-refractivity contribution is -0.135. The third-order valence-electron chi connectivity index (χ3n) is 6.27. The summed E-state index contributed by atoms with van der Waals surface area (Å²) in [5, 5.41) is 10.1. The molecule has 2 amide bonds. The number of aryl methyl sites for hydroxylation is 3. The Bertz CT molecular complexity index is 1120. The Labute approximate surface area is 193 Å². The Balaban J connectivity index is 1.47. The number of para-hydroxylation sites is 1. The highest BCUT2D eigenvalue weighted by Gasteiger charge is 2.30. The number of H-pyrrole nitrogens is 1. The molecule has 8 heteroatoms. The molecule has 0 aliphatic carbocycles. The third-order valence-corrected chi connectivity index (χ3v) is 6.27. The van der Waals surface area contributed by atoms with Crippen LogP contribution in [0.2, 0.25) is 0 Å². The number of hydrogen-bond donors (Lipinski definition) is 2. The standard InChI is InChI=1S/C25H30N6O2/c1-16-21(25(33)28-19-9-5-4-6-10-19)15-26-24(27-16)22-11-7-8-14-31(22)23(32)13-12-20-17(2)29-30-18(20)3/h4-6,9-10,15,22H,7-8,11-14H2,1-3H3,(H,28,33)(H,29,30)/t22-/m1/s1. The van der Waals surface area contributed by atoms with Crippen molar-refractivity contribution < 1.29 is 9.59 Å². The molecule has 1 aliphatic rings. The highest BCUT2D eigenvalue weighted by Crippen LogP contribution is 2.30. The molecule has 0 saturated carbocycles. The number of aromatic nitrogens is 4. The fraction of sp³-hybridized carbons (Fsp3) is 0.400. The predicted octanol–water partition coefficient (Wildman–Crippen LogP) is 4.06. The predicted molar refractivity (Wildman–Crippen MR) is 126 cm³/mol. The quantitative estimate of drug-likeness (QED) is 0.594. The Morgan fingerprint density at radius 3 is 2.61 bits per heavy atom. The molecule has 3 heterocycles. The maximum atomic E-state index is 13.1. The number of rotatable bonds is 6. The average Bonchev–Trinajstić information content (AvgIpc) is 3.15. The number of likely N-dealkylation sites (tertiary alicyclic amines) is 1. The van der Waals surface area contributed by atoms with Crippen molar-refractivity contribution in [1.29, 1.82) is 0 Å². The maximum Gasteiger partial charge on any atom is 0.259 e. The lowest BCUT2D eigenvalue weighted by Crippen LogP contribution is -2.39. The van der Waals surface area contributed by atoms with Crippen molar-refractivity contribution in [1.82, 2.24) is 25.1 Å². The molecule has 33 heavy (non-hydrogen) atoms. The molecule has 1 saturated heterocycles. The zero-order valence-corrected chi connectivity index (χ0v) is 19.4. The van der Waals surface area contributed by atoms with E-state index in [1.807, 2.05) is 56.0 Å². The van der Waals surface area contributed by atoms with Crippen molar-refractivity contribution in [3.8, 4) is 0 Å². The van der Waals surface area contributed by atoms with Crippen molar-refractivity contribution in [2.75, 3.05) is 11.9 Å². The van der Waals surface area contributed by atoms with Crippen LogP contribution in [-0.2, 0) is 11.2 Å². The van der Waals surface area contributed by atoms with E-state index in [1.54, 1.807) is 6.20 Å². The fourth-order valence-electron chi connectivity index (χ4n) is 4.40. The number of anilines is 1. The molecular formula is C25H30N6O2. The summed E-state index contributed by atoms with van der Waals surface area (Å²) < 4.78 is 0. The van der Waals surface area contributed by atoms with Crippen molar-refractivity contribution in [2.24, 2.45) is 0 Å². The van der Waals surface area contributed by atoms with Gasteiger partial charge in [0.2, 0.25) is 5.91 Å². The lowest BCUT2D eigenvalue weighted by atomic mass is 9.99. The van der Waals surface area contributed by atoms with E-state index in [0.29, 0.717) is 36.5 Å². The summed E-state index contributed by atoms with van der Waals surface area (Å²) in [6, 6.07) is 9.13. The summed E-state index contributed by atoms with van der Waals surface area (Å²) in [6.07, 6.45) is 5.48. The van der Waals surface area contributed by atoms with Crippen LogP contribution < -0.4 is 5.32 Å². The number of aromatic amines is 1. The van der Waals surface area contributed by atoms with Gasteiger partial charge in [-0.25, -0.2) is 9.97 Å². The van der Waals surface area contributed by atoms with Crippen molar-refractivity contribution in [3.63, 3.8) is 0 Å². The van der Waals surface area contributed by atoms with Crippen LogP contribution in [0.4, 0.5) is 5.69 Å². The molecule has 1 aliphatic heterocycles. The Kier molecular flexibility index (Phi) is 6.82. The smallest absolute Gasteiger partial charge is 0.259 e. The van der Waals surface area contributed by atoms with Crippen LogP contribution in [0.25, 0.3) is 0 Å². The molecule has 2 aromatic heterocycles. The first-order valence-corrected chi connectivity index (χ1v) is 11.4. The van der Waals surface area contributed by atoms with Crippen LogP contribution in [-0.4, -0.2) is 43.4 Å². The second kappa shape index (κ2) is 9.94. The van der Waals surface area contributed by atoms with Gasteiger partial charge < -0.3 is 10.2 Å². The van der Waals surface area contributed by atoms with Gasteiger partial charge in [-0.3, -0.25) is 14.7 Å². The molecule has 172 valence electrons. The van der Waals surface area contributed by atoms with Crippen molar-refractivity contribution in [3.05, 3.63) is 70.6 Å². The first kappa shape index (κ1) is 22.6. The highest BCUT2D eigenvalue weighted by molar-refractivity contribution is 6.04. The van der Waals surface area contributed by atoms with E-state index in [1.165, 1.54) is 0 Å². The van der Waals surface area contributed by atoms with Gasteiger partial charge in [0.25, 0.3) is 5.91 Å². The van der Waals surface area contributed by atoms with E-state index in [2.05, 4.69) is 25.5 Å². The van der Waals surface area contributed by atoms with E-state index < -0.39 is 0 Å². The minimum absolute atomic E-state index is 0.104. The minimum atomic E-state index is -0.243. The topological polar surface area (TPSA) is 104 Å². The van der Waals surface area contributed by atoms with Gasteiger partial charge in [-0.05, 0) is 64.2 Å². The van der Waals surface area contributed by atoms with Crippen LogP contribution in [0.15, 0.2) is 36.5 Å². The molecule has 1 atom stereocenters. The Morgan fingerprint density at radius 1 is 1.12 bits per heavy atom. The molecule has 8 nitrogen and oxygen atoms in total. The van der Waals surface area contributed by atoms with Crippen LogP contribution in [0.5, 0.6) is 0 Å². The molecule has 4 rings (SSSR count). The molecule has 1 aromatic carbocycles. The van der Waals surface area contributed by atoms with Gasteiger partial charge in [0, 0.05) is 30.5 Å². The van der Waals surface area contributed by atoms with Crippen molar-refractivity contribution in [2.45, 2.75) is 58.9 Å². The van der Waals surface area contributed by atoms with Gasteiger partial charge >= 0.3 is 0 Å².